The Morgan fingerprint density at radius 2 is 2.08 bits per heavy atom. The van der Waals surface area contributed by atoms with E-state index in [1.54, 1.807) is 4.68 Å². The fraction of sp³-hybridized carbons (Fsp3) is 0.526. The van der Waals surface area contributed by atoms with Gasteiger partial charge in [0.15, 0.2) is 0 Å². The normalized spacial score (nSPS) is 20.3. The zero-order valence-corrected chi connectivity index (χ0v) is 14.9. The lowest BCUT2D eigenvalue weighted by molar-refractivity contribution is -0.134. The molecular weight excluding hydrogens is 314 g/mol. The number of fused-ring (bicyclic) bond motifs is 1. The number of nitrogens with zero attached hydrogens (tertiary/aromatic N) is 5. The van der Waals surface area contributed by atoms with Crippen LogP contribution in [0.4, 0.5) is 5.69 Å². The van der Waals surface area contributed by atoms with Gasteiger partial charge in [-0.05, 0) is 30.9 Å². The number of hydrogen-bond donors (Lipinski definition) is 0. The van der Waals surface area contributed by atoms with E-state index < -0.39 is 0 Å². The molecule has 0 spiro atoms. The number of para-hydroxylation sites is 1. The van der Waals surface area contributed by atoms with Gasteiger partial charge in [-0.1, -0.05) is 30.3 Å². The molecule has 6 nitrogen and oxygen atoms in total. The maximum Gasteiger partial charge on any atom is 0.244 e. The van der Waals surface area contributed by atoms with Crippen LogP contribution in [-0.4, -0.2) is 45.4 Å². The molecule has 2 aliphatic rings. The summed E-state index contributed by atoms with van der Waals surface area (Å²) >= 11 is 0. The van der Waals surface area contributed by atoms with E-state index in [1.807, 2.05) is 17.2 Å². The quantitative estimate of drug-likeness (QED) is 0.858. The van der Waals surface area contributed by atoms with Crippen LogP contribution in [0, 0.1) is 0 Å². The first kappa shape index (κ1) is 16.1. The molecule has 1 aliphatic heterocycles. The van der Waals surface area contributed by atoms with Gasteiger partial charge in [0.25, 0.3) is 0 Å². The smallest absolute Gasteiger partial charge is 0.244 e. The van der Waals surface area contributed by atoms with Crippen LogP contribution in [0.25, 0.3) is 0 Å². The Hall–Kier alpha value is -2.37. The van der Waals surface area contributed by atoms with E-state index in [9.17, 15) is 4.79 Å². The number of likely N-dealkylation sites (N-methyl/N-ethyl adjacent to an activating group) is 1. The van der Waals surface area contributed by atoms with Gasteiger partial charge in [-0.15, -0.1) is 5.10 Å². The van der Waals surface area contributed by atoms with E-state index >= 15 is 0 Å². The van der Waals surface area contributed by atoms with Crippen LogP contribution in [0.1, 0.15) is 43.4 Å². The summed E-state index contributed by atoms with van der Waals surface area (Å²) in [6.45, 7) is 3.92. The number of carbonyl (C=O) groups excluding carboxylic acids is 1. The Morgan fingerprint density at radius 1 is 1.28 bits per heavy atom. The molecule has 25 heavy (non-hydrogen) atoms. The molecular formula is C19H25N5O. The van der Waals surface area contributed by atoms with Gasteiger partial charge in [0.2, 0.25) is 5.91 Å². The van der Waals surface area contributed by atoms with Crippen LogP contribution in [0.2, 0.25) is 0 Å². The number of anilines is 1. The second-order valence-electron chi connectivity index (χ2n) is 7.21. The molecule has 0 N–H and O–H groups in total. The Balaban J connectivity index is 1.54. The highest BCUT2D eigenvalue weighted by Crippen LogP contribution is 2.38. The van der Waals surface area contributed by atoms with Gasteiger partial charge >= 0.3 is 0 Å². The molecule has 2 aromatic rings. The van der Waals surface area contributed by atoms with Crippen LogP contribution >= 0.6 is 0 Å². The third kappa shape index (κ3) is 3.25. The lowest BCUT2D eigenvalue weighted by Crippen LogP contribution is -2.44. The first-order valence-corrected chi connectivity index (χ1v) is 9.14. The lowest BCUT2D eigenvalue weighted by Gasteiger charge is -2.30. The summed E-state index contributed by atoms with van der Waals surface area (Å²) in [6.07, 6.45) is 5.27. The number of hydrogen-bond acceptors (Lipinski definition) is 4. The van der Waals surface area contributed by atoms with Crippen molar-refractivity contribution < 1.29 is 4.79 Å². The summed E-state index contributed by atoms with van der Waals surface area (Å²) in [6, 6.07) is 8.56. The first-order chi connectivity index (χ1) is 12.2. The van der Waals surface area contributed by atoms with E-state index in [1.165, 1.54) is 24.1 Å². The second-order valence-corrected chi connectivity index (χ2v) is 7.21. The van der Waals surface area contributed by atoms with E-state index in [0.717, 1.165) is 18.7 Å². The van der Waals surface area contributed by atoms with Crippen molar-refractivity contribution in [1.29, 1.82) is 0 Å². The van der Waals surface area contributed by atoms with Crippen molar-refractivity contribution in [3.8, 4) is 0 Å². The molecule has 1 aromatic carbocycles. The first-order valence-electron chi connectivity index (χ1n) is 9.14. The zero-order chi connectivity index (χ0) is 17.4. The molecule has 1 aliphatic carbocycles. The molecule has 0 saturated heterocycles. The number of rotatable bonds is 4. The molecule has 4 rings (SSSR count). The largest absolute Gasteiger partial charge is 0.372 e. The monoisotopic (exact) mass is 339 g/mol. The molecule has 1 amide bonds. The van der Waals surface area contributed by atoms with Crippen molar-refractivity contribution in [2.75, 3.05) is 18.5 Å². The Bertz CT molecular complexity index is 767. The van der Waals surface area contributed by atoms with Crippen molar-refractivity contribution >= 4 is 11.6 Å². The summed E-state index contributed by atoms with van der Waals surface area (Å²) in [5.74, 6) is 0.676. The molecule has 0 unspecified atom stereocenters. The molecule has 0 bridgehead atoms. The molecule has 1 fully saturated rings. The van der Waals surface area contributed by atoms with Crippen molar-refractivity contribution in [3.05, 3.63) is 41.7 Å². The highest BCUT2D eigenvalue weighted by Gasteiger charge is 2.30. The maximum absolute atomic E-state index is 13.0. The minimum Gasteiger partial charge on any atom is -0.372 e. The highest BCUT2D eigenvalue weighted by molar-refractivity contribution is 5.77. The fourth-order valence-electron chi connectivity index (χ4n) is 3.67. The third-order valence-electron chi connectivity index (χ3n) is 5.31. The van der Waals surface area contributed by atoms with Crippen molar-refractivity contribution in [2.24, 2.45) is 0 Å². The molecule has 1 saturated carbocycles. The van der Waals surface area contributed by atoms with Crippen LogP contribution in [0.3, 0.4) is 0 Å². The highest BCUT2D eigenvalue weighted by atomic mass is 16.2. The Labute approximate surface area is 148 Å². The molecule has 0 radical (unpaired) electrons. The summed E-state index contributed by atoms with van der Waals surface area (Å²) in [4.78, 5) is 17.3. The average molecular weight is 339 g/mol. The van der Waals surface area contributed by atoms with E-state index in [0.29, 0.717) is 12.5 Å². The van der Waals surface area contributed by atoms with Crippen LogP contribution in [0.5, 0.6) is 0 Å². The fourth-order valence-corrected chi connectivity index (χ4v) is 3.67. The molecule has 132 valence electrons. The van der Waals surface area contributed by atoms with Crippen LogP contribution < -0.4 is 4.90 Å². The number of benzene rings is 1. The number of amides is 1. The minimum atomic E-state index is 0.115. The minimum absolute atomic E-state index is 0.115. The van der Waals surface area contributed by atoms with E-state index in [-0.39, 0.29) is 18.5 Å². The molecule has 1 aromatic heterocycles. The van der Waals surface area contributed by atoms with Gasteiger partial charge in [0, 0.05) is 44.0 Å². The van der Waals surface area contributed by atoms with Crippen molar-refractivity contribution in [2.45, 2.75) is 51.2 Å². The predicted octanol–water partition coefficient (Wildman–Crippen LogP) is 2.41. The summed E-state index contributed by atoms with van der Waals surface area (Å²) in [5.41, 5.74) is 3.44. The summed E-state index contributed by atoms with van der Waals surface area (Å²) < 4.78 is 1.70. The van der Waals surface area contributed by atoms with Gasteiger partial charge in [0.1, 0.15) is 6.54 Å². The van der Waals surface area contributed by atoms with Gasteiger partial charge < -0.3 is 9.80 Å². The third-order valence-corrected chi connectivity index (χ3v) is 5.31. The zero-order valence-electron chi connectivity index (χ0n) is 14.9. The van der Waals surface area contributed by atoms with Crippen molar-refractivity contribution in [1.82, 2.24) is 19.9 Å². The van der Waals surface area contributed by atoms with Crippen molar-refractivity contribution in [3.63, 3.8) is 0 Å². The topological polar surface area (TPSA) is 54.3 Å². The predicted molar refractivity (Wildman–Crippen MR) is 96.3 cm³/mol. The average Bonchev–Trinajstić information content (AvgIpc) is 3.39. The molecule has 6 heteroatoms. The molecule has 2 heterocycles. The lowest BCUT2D eigenvalue weighted by atomic mass is 10.1. The van der Waals surface area contributed by atoms with Gasteiger partial charge in [-0.25, -0.2) is 4.68 Å². The van der Waals surface area contributed by atoms with Gasteiger partial charge in [0.05, 0.1) is 5.69 Å². The SMILES string of the molecule is CC[C@H]1CN(C)c2ccccc2CN1C(=O)Cn1cc(C2CC2)nn1. The van der Waals surface area contributed by atoms with E-state index in [4.69, 9.17) is 0 Å². The Kier molecular flexibility index (Phi) is 4.19. The summed E-state index contributed by atoms with van der Waals surface area (Å²) in [5, 5.41) is 8.37. The second kappa shape index (κ2) is 6.50. The summed E-state index contributed by atoms with van der Waals surface area (Å²) in [7, 11) is 2.11. The standard InChI is InChI=1S/C19H25N5O/c1-3-16-11-22(2)18-7-5-4-6-15(18)10-24(16)19(25)13-23-12-17(20-21-23)14-8-9-14/h4-7,12,14,16H,3,8-11,13H2,1-2H3/t16-/m0/s1. The van der Waals surface area contributed by atoms with Gasteiger partial charge in [-0.3, -0.25) is 4.79 Å². The van der Waals surface area contributed by atoms with Crippen LogP contribution in [0.15, 0.2) is 30.5 Å². The van der Waals surface area contributed by atoms with Gasteiger partial charge in [-0.2, -0.15) is 0 Å². The Morgan fingerprint density at radius 3 is 2.84 bits per heavy atom. The van der Waals surface area contributed by atoms with Crippen LogP contribution in [-0.2, 0) is 17.9 Å². The van der Waals surface area contributed by atoms with E-state index in [2.05, 4.69) is 47.4 Å². The number of aromatic nitrogens is 3. The number of carbonyl (C=O) groups is 1. The maximum atomic E-state index is 13.0. The molecule has 1 atom stereocenters.